The zero-order chi connectivity index (χ0) is 14.5. The number of nitrogen functional groups attached to an aromatic ring is 1. The minimum absolute atomic E-state index is 0.124. The van der Waals surface area contributed by atoms with Crippen LogP contribution in [-0.2, 0) is 4.79 Å². The lowest BCUT2D eigenvalue weighted by molar-refractivity contribution is -0.113. The van der Waals surface area contributed by atoms with Gasteiger partial charge in [0.25, 0.3) is 0 Å². The summed E-state index contributed by atoms with van der Waals surface area (Å²) >= 11 is 1.20. The van der Waals surface area contributed by atoms with E-state index in [1.54, 1.807) is 12.3 Å². The molecule has 2 aromatic rings. The molecule has 0 aliphatic rings. The number of amides is 1. The lowest BCUT2D eigenvalue weighted by atomic mass is 10.2. The molecular formula is C13H13FN4OS. The molecule has 0 bridgehead atoms. The molecule has 1 heterocycles. The lowest BCUT2D eigenvalue weighted by Gasteiger charge is -2.07. The van der Waals surface area contributed by atoms with E-state index in [-0.39, 0.29) is 17.3 Å². The molecule has 5 nitrogen and oxygen atoms in total. The highest BCUT2D eigenvalue weighted by Gasteiger charge is 2.08. The van der Waals surface area contributed by atoms with E-state index in [9.17, 15) is 9.18 Å². The third kappa shape index (κ3) is 3.92. The first-order valence-corrected chi connectivity index (χ1v) is 6.80. The van der Waals surface area contributed by atoms with E-state index in [1.165, 1.54) is 30.0 Å². The molecule has 0 atom stereocenters. The number of carbonyl (C=O) groups is 1. The van der Waals surface area contributed by atoms with E-state index in [4.69, 9.17) is 5.73 Å². The zero-order valence-electron chi connectivity index (χ0n) is 10.8. The molecule has 0 spiro atoms. The molecule has 0 saturated carbocycles. The molecular weight excluding hydrogens is 279 g/mol. The Kier molecular flexibility index (Phi) is 4.52. The van der Waals surface area contributed by atoms with Crippen molar-refractivity contribution in [2.45, 2.75) is 12.1 Å². The number of aryl methyl sites for hydroxylation is 1. The van der Waals surface area contributed by atoms with Crippen LogP contribution in [0.25, 0.3) is 0 Å². The number of rotatable bonds is 4. The number of anilines is 2. The van der Waals surface area contributed by atoms with E-state index in [0.717, 1.165) is 5.69 Å². The van der Waals surface area contributed by atoms with Crippen molar-refractivity contribution >= 4 is 29.0 Å². The van der Waals surface area contributed by atoms with Crippen LogP contribution >= 0.6 is 11.8 Å². The van der Waals surface area contributed by atoms with Crippen LogP contribution in [0.15, 0.2) is 35.6 Å². The Morgan fingerprint density at radius 2 is 2.25 bits per heavy atom. The van der Waals surface area contributed by atoms with Gasteiger partial charge in [-0.25, -0.2) is 14.4 Å². The van der Waals surface area contributed by atoms with Crippen molar-refractivity contribution < 1.29 is 9.18 Å². The minimum atomic E-state index is -0.454. The lowest BCUT2D eigenvalue weighted by Crippen LogP contribution is -2.15. The second kappa shape index (κ2) is 6.33. The molecule has 104 valence electrons. The third-order valence-electron chi connectivity index (χ3n) is 2.39. The number of nitrogens with zero attached hydrogens (tertiary/aromatic N) is 2. The largest absolute Gasteiger partial charge is 0.397 e. The average Bonchev–Trinajstić information content (AvgIpc) is 2.41. The van der Waals surface area contributed by atoms with Crippen LogP contribution in [-0.4, -0.2) is 21.6 Å². The first-order valence-electron chi connectivity index (χ1n) is 5.82. The molecule has 7 heteroatoms. The Labute approximate surface area is 119 Å². The number of hydrogen-bond acceptors (Lipinski definition) is 5. The predicted molar refractivity (Wildman–Crippen MR) is 76.9 cm³/mol. The maximum absolute atomic E-state index is 13.1. The fraction of sp³-hybridized carbons (Fsp3) is 0.154. The molecule has 1 aromatic carbocycles. The van der Waals surface area contributed by atoms with Crippen molar-refractivity contribution in [1.82, 2.24) is 9.97 Å². The molecule has 1 aromatic heterocycles. The summed E-state index contributed by atoms with van der Waals surface area (Å²) in [6, 6.07) is 5.60. The summed E-state index contributed by atoms with van der Waals surface area (Å²) in [5, 5.41) is 3.08. The van der Waals surface area contributed by atoms with Crippen molar-refractivity contribution in [3.05, 3.63) is 42.0 Å². The van der Waals surface area contributed by atoms with Crippen molar-refractivity contribution in [1.29, 1.82) is 0 Å². The summed E-state index contributed by atoms with van der Waals surface area (Å²) in [4.78, 5) is 20.0. The van der Waals surface area contributed by atoms with Gasteiger partial charge in [0.2, 0.25) is 5.91 Å². The highest BCUT2D eigenvalue weighted by Crippen LogP contribution is 2.20. The molecule has 0 aliphatic heterocycles. The van der Waals surface area contributed by atoms with Gasteiger partial charge < -0.3 is 11.1 Å². The summed E-state index contributed by atoms with van der Waals surface area (Å²) in [5.41, 5.74) is 7.06. The Morgan fingerprint density at radius 3 is 3.00 bits per heavy atom. The van der Waals surface area contributed by atoms with Gasteiger partial charge in [0.1, 0.15) is 5.82 Å². The molecule has 1 amide bonds. The van der Waals surface area contributed by atoms with Crippen molar-refractivity contribution in [3.8, 4) is 0 Å². The van der Waals surface area contributed by atoms with Crippen LogP contribution in [0.3, 0.4) is 0 Å². The van der Waals surface area contributed by atoms with Gasteiger partial charge in [-0.3, -0.25) is 4.79 Å². The Morgan fingerprint density at radius 1 is 1.45 bits per heavy atom. The first kappa shape index (κ1) is 14.3. The van der Waals surface area contributed by atoms with Gasteiger partial charge >= 0.3 is 0 Å². The molecule has 0 saturated heterocycles. The molecule has 0 fully saturated rings. The fourth-order valence-corrected chi connectivity index (χ4v) is 2.12. The minimum Gasteiger partial charge on any atom is -0.397 e. The second-order valence-corrected chi connectivity index (χ2v) is 4.99. The van der Waals surface area contributed by atoms with Crippen molar-refractivity contribution in [2.75, 3.05) is 16.8 Å². The Balaban J connectivity index is 1.94. The van der Waals surface area contributed by atoms with Crippen LogP contribution in [0, 0.1) is 12.7 Å². The monoisotopic (exact) mass is 292 g/mol. The summed E-state index contributed by atoms with van der Waals surface area (Å²) in [6.07, 6.45) is 1.63. The average molecular weight is 292 g/mol. The fourth-order valence-electron chi connectivity index (χ4n) is 1.45. The Hall–Kier alpha value is -2.15. The number of thioether (sulfide) groups is 1. The summed E-state index contributed by atoms with van der Waals surface area (Å²) in [5.74, 6) is -0.624. The zero-order valence-corrected chi connectivity index (χ0v) is 11.6. The molecule has 2 rings (SSSR count). The molecule has 3 N–H and O–H groups in total. The van der Waals surface area contributed by atoms with Crippen LogP contribution < -0.4 is 11.1 Å². The number of carbonyl (C=O) groups excluding carboxylic acids is 1. The number of aromatic nitrogens is 2. The van der Waals surface area contributed by atoms with E-state index in [2.05, 4.69) is 15.3 Å². The van der Waals surface area contributed by atoms with Crippen LogP contribution in [0.2, 0.25) is 0 Å². The normalized spacial score (nSPS) is 10.3. The number of hydrogen-bond donors (Lipinski definition) is 2. The first-order chi connectivity index (χ1) is 9.54. The van der Waals surface area contributed by atoms with Gasteiger partial charge in [0.05, 0.1) is 17.1 Å². The van der Waals surface area contributed by atoms with Gasteiger partial charge in [-0.15, -0.1) is 0 Å². The number of nitrogens with one attached hydrogen (secondary N) is 1. The van der Waals surface area contributed by atoms with Gasteiger partial charge in [-0.05, 0) is 31.2 Å². The smallest absolute Gasteiger partial charge is 0.234 e. The number of nitrogens with two attached hydrogens (primary N) is 1. The van der Waals surface area contributed by atoms with Crippen molar-refractivity contribution in [3.63, 3.8) is 0 Å². The predicted octanol–water partition coefficient (Wildman–Crippen LogP) is 2.24. The standard InChI is InChI=1S/C13H13FN4OS/c1-8-4-5-16-13(17-8)20-7-12(19)18-11-6-9(14)2-3-10(11)15/h2-6H,7,15H2,1H3,(H,18,19). The van der Waals surface area contributed by atoms with Crippen LogP contribution in [0.4, 0.5) is 15.8 Å². The maximum Gasteiger partial charge on any atom is 0.234 e. The van der Waals surface area contributed by atoms with Gasteiger partial charge in [-0.2, -0.15) is 0 Å². The molecule has 20 heavy (non-hydrogen) atoms. The topological polar surface area (TPSA) is 80.9 Å². The summed E-state index contributed by atoms with van der Waals surface area (Å²) in [6.45, 7) is 1.85. The highest BCUT2D eigenvalue weighted by molar-refractivity contribution is 7.99. The SMILES string of the molecule is Cc1ccnc(SCC(=O)Nc2cc(F)ccc2N)n1. The quantitative estimate of drug-likeness (QED) is 0.513. The van der Waals surface area contributed by atoms with E-state index in [1.807, 2.05) is 6.92 Å². The number of halogens is 1. The third-order valence-corrected chi connectivity index (χ3v) is 3.26. The molecule has 0 unspecified atom stereocenters. The van der Waals surface area contributed by atoms with Gasteiger partial charge in [0, 0.05) is 11.9 Å². The molecule has 0 radical (unpaired) electrons. The molecule has 0 aliphatic carbocycles. The van der Waals surface area contributed by atoms with Gasteiger partial charge in [-0.1, -0.05) is 11.8 Å². The Bertz CT molecular complexity index is 636. The number of benzene rings is 1. The van der Waals surface area contributed by atoms with Gasteiger partial charge in [0.15, 0.2) is 5.16 Å². The highest BCUT2D eigenvalue weighted by atomic mass is 32.2. The van der Waals surface area contributed by atoms with E-state index >= 15 is 0 Å². The van der Waals surface area contributed by atoms with E-state index in [0.29, 0.717) is 10.8 Å². The summed E-state index contributed by atoms with van der Waals surface area (Å²) in [7, 11) is 0. The van der Waals surface area contributed by atoms with Crippen molar-refractivity contribution in [2.24, 2.45) is 0 Å². The maximum atomic E-state index is 13.1. The second-order valence-electron chi connectivity index (χ2n) is 4.05. The van der Waals surface area contributed by atoms with Crippen LogP contribution in [0.1, 0.15) is 5.69 Å². The van der Waals surface area contributed by atoms with E-state index < -0.39 is 5.82 Å². The van der Waals surface area contributed by atoms with Crippen LogP contribution in [0.5, 0.6) is 0 Å². The summed E-state index contributed by atoms with van der Waals surface area (Å²) < 4.78 is 13.1.